The normalized spacial score (nSPS) is 10.2. The second-order valence-corrected chi connectivity index (χ2v) is 6.46. The fourth-order valence-corrected chi connectivity index (χ4v) is 4.18. The van der Waals surface area contributed by atoms with E-state index >= 15 is 0 Å². The lowest BCUT2D eigenvalue weighted by atomic mass is 10.3. The van der Waals surface area contributed by atoms with E-state index in [9.17, 15) is 4.79 Å². The standard InChI is InChI=1S/C12H9BrO2S2/c1-15-8-3-2-4-9(5-8)16-12-11(13)6-10(7-14)17-12/h2-7H,1H3. The first-order valence-electron chi connectivity index (χ1n) is 4.79. The van der Waals surface area contributed by atoms with Crippen LogP contribution in [0.5, 0.6) is 5.75 Å². The maximum atomic E-state index is 10.7. The average Bonchev–Trinajstić information content (AvgIpc) is 2.70. The molecule has 0 spiro atoms. The van der Waals surface area contributed by atoms with Crippen molar-refractivity contribution in [3.63, 3.8) is 0 Å². The Labute approximate surface area is 116 Å². The van der Waals surface area contributed by atoms with Crippen LogP contribution in [0.2, 0.25) is 0 Å². The number of halogens is 1. The molecule has 2 nitrogen and oxygen atoms in total. The molecule has 88 valence electrons. The first kappa shape index (κ1) is 12.7. The molecular formula is C12H9BrO2S2. The first-order valence-corrected chi connectivity index (χ1v) is 7.22. The Kier molecular flexibility index (Phi) is 4.25. The highest BCUT2D eigenvalue weighted by Gasteiger charge is 2.08. The van der Waals surface area contributed by atoms with Gasteiger partial charge in [0.2, 0.25) is 0 Å². The summed E-state index contributed by atoms with van der Waals surface area (Å²) in [5.41, 5.74) is 0. The van der Waals surface area contributed by atoms with Gasteiger partial charge in [-0.05, 0) is 40.2 Å². The Hall–Kier alpha value is -0.780. The van der Waals surface area contributed by atoms with Gasteiger partial charge < -0.3 is 4.74 Å². The summed E-state index contributed by atoms with van der Waals surface area (Å²) >= 11 is 6.54. The van der Waals surface area contributed by atoms with E-state index in [0.717, 1.165) is 30.5 Å². The largest absolute Gasteiger partial charge is 0.497 e. The molecule has 2 aromatic rings. The van der Waals surface area contributed by atoms with E-state index in [2.05, 4.69) is 15.9 Å². The highest BCUT2D eigenvalue weighted by Crippen LogP contribution is 2.40. The lowest BCUT2D eigenvalue weighted by molar-refractivity contribution is 0.112. The summed E-state index contributed by atoms with van der Waals surface area (Å²) < 4.78 is 7.20. The molecule has 0 unspecified atom stereocenters. The van der Waals surface area contributed by atoms with E-state index in [1.165, 1.54) is 11.3 Å². The van der Waals surface area contributed by atoms with Crippen LogP contribution in [0.25, 0.3) is 0 Å². The highest BCUT2D eigenvalue weighted by atomic mass is 79.9. The first-order chi connectivity index (χ1) is 8.22. The molecule has 0 bridgehead atoms. The molecule has 0 aliphatic heterocycles. The molecule has 0 aliphatic carbocycles. The zero-order valence-electron chi connectivity index (χ0n) is 8.98. The molecule has 1 heterocycles. The van der Waals surface area contributed by atoms with E-state index in [0.29, 0.717) is 0 Å². The third kappa shape index (κ3) is 3.12. The lowest BCUT2D eigenvalue weighted by Crippen LogP contribution is -1.81. The highest BCUT2D eigenvalue weighted by molar-refractivity contribution is 9.10. The van der Waals surface area contributed by atoms with Crippen LogP contribution in [-0.4, -0.2) is 13.4 Å². The number of methoxy groups -OCH3 is 1. The Balaban J connectivity index is 2.24. The summed E-state index contributed by atoms with van der Waals surface area (Å²) in [7, 11) is 1.65. The van der Waals surface area contributed by atoms with Gasteiger partial charge in [0, 0.05) is 9.37 Å². The monoisotopic (exact) mass is 328 g/mol. The molecular weight excluding hydrogens is 320 g/mol. The average molecular weight is 329 g/mol. The van der Waals surface area contributed by atoms with E-state index in [1.807, 2.05) is 30.3 Å². The SMILES string of the molecule is COc1cccc(Sc2sc(C=O)cc2Br)c1. The second-order valence-electron chi connectivity index (χ2n) is 3.18. The molecule has 0 radical (unpaired) electrons. The zero-order chi connectivity index (χ0) is 12.3. The molecule has 0 N–H and O–H groups in total. The summed E-state index contributed by atoms with van der Waals surface area (Å²) in [6.45, 7) is 0. The maximum Gasteiger partial charge on any atom is 0.160 e. The molecule has 1 aromatic carbocycles. The number of carbonyl (C=O) groups excluding carboxylic acids is 1. The van der Waals surface area contributed by atoms with Crippen LogP contribution < -0.4 is 4.74 Å². The summed E-state index contributed by atoms with van der Waals surface area (Å²) in [6.07, 6.45) is 0.866. The quantitative estimate of drug-likeness (QED) is 0.774. The van der Waals surface area contributed by atoms with E-state index in [-0.39, 0.29) is 0 Å². The zero-order valence-corrected chi connectivity index (χ0v) is 12.2. The van der Waals surface area contributed by atoms with Crippen molar-refractivity contribution in [1.82, 2.24) is 0 Å². The molecule has 0 saturated carbocycles. The minimum atomic E-state index is 0.724. The molecule has 17 heavy (non-hydrogen) atoms. The van der Waals surface area contributed by atoms with Crippen LogP contribution in [0.3, 0.4) is 0 Å². The van der Waals surface area contributed by atoms with Crippen LogP contribution >= 0.6 is 39.0 Å². The number of hydrogen-bond donors (Lipinski definition) is 0. The molecule has 5 heteroatoms. The van der Waals surface area contributed by atoms with Crippen molar-refractivity contribution >= 4 is 45.3 Å². The van der Waals surface area contributed by atoms with Gasteiger partial charge in [-0.25, -0.2) is 0 Å². The Bertz CT molecular complexity index is 537. The van der Waals surface area contributed by atoms with Crippen LogP contribution in [0.15, 0.2) is 43.9 Å². The van der Waals surface area contributed by atoms with Gasteiger partial charge in [0.1, 0.15) is 5.75 Å². The topological polar surface area (TPSA) is 26.3 Å². The minimum absolute atomic E-state index is 0.724. The van der Waals surface area contributed by atoms with Gasteiger partial charge in [-0.2, -0.15) is 0 Å². The number of benzene rings is 1. The number of carbonyl (C=O) groups is 1. The molecule has 2 rings (SSSR count). The molecule has 0 aliphatic rings. The third-order valence-corrected chi connectivity index (χ3v) is 5.44. The van der Waals surface area contributed by atoms with E-state index in [4.69, 9.17) is 4.74 Å². The fraction of sp³-hybridized carbons (Fsp3) is 0.0833. The Morgan fingerprint density at radius 3 is 2.88 bits per heavy atom. The van der Waals surface area contributed by atoms with Crippen molar-refractivity contribution in [2.45, 2.75) is 9.10 Å². The predicted octanol–water partition coefficient (Wildman–Crippen LogP) is 4.48. The number of ether oxygens (including phenoxy) is 1. The summed E-state index contributed by atoms with van der Waals surface area (Å²) in [5, 5.41) is 0. The van der Waals surface area contributed by atoms with Crippen molar-refractivity contribution < 1.29 is 9.53 Å². The molecule has 0 fully saturated rings. The van der Waals surface area contributed by atoms with Crippen LogP contribution in [0, 0.1) is 0 Å². The number of hydrogen-bond acceptors (Lipinski definition) is 4. The number of rotatable bonds is 4. The van der Waals surface area contributed by atoms with Crippen molar-refractivity contribution in [3.05, 3.63) is 39.7 Å². The van der Waals surface area contributed by atoms with Crippen LogP contribution in [-0.2, 0) is 0 Å². The van der Waals surface area contributed by atoms with Gasteiger partial charge in [-0.3, -0.25) is 4.79 Å². The van der Waals surface area contributed by atoms with Crippen molar-refractivity contribution in [1.29, 1.82) is 0 Å². The van der Waals surface area contributed by atoms with Crippen molar-refractivity contribution in [2.75, 3.05) is 7.11 Å². The summed E-state index contributed by atoms with van der Waals surface area (Å²) in [6, 6.07) is 9.67. The van der Waals surface area contributed by atoms with E-state index < -0.39 is 0 Å². The van der Waals surface area contributed by atoms with Gasteiger partial charge in [0.25, 0.3) is 0 Å². The molecule has 1 aromatic heterocycles. The van der Waals surface area contributed by atoms with Gasteiger partial charge in [-0.1, -0.05) is 17.8 Å². The summed E-state index contributed by atoms with van der Waals surface area (Å²) in [4.78, 5) is 12.5. The Morgan fingerprint density at radius 2 is 2.24 bits per heavy atom. The molecule has 0 amide bonds. The molecule has 0 atom stereocenters. The van der Waals surface area contributed by atoms with Crippen LogP contribution in [0.1, 0.15) is 9.67 Å². The fourth-order valence-electron chi connectivity index (χ4n) is 1.27. The summed E-state index contributed by atoms with van der Waals surface area (Å²) in [5.74, 6) is 0.832. The van der Waals surface area contributed by atoms with Crippen LogP contribution in [0.4, 0.5) is 0 Å². The predicted molar refractivity (Wildman–Crippen MR) is 74.5 cm³/mol. The minimum Gasteiger partial charge on any atom is -0.497 e. The Morgan fingerprint density at radius 1 is 1.41 bits per heavy atom. The van der Waals surface area contributed by atoms with Gasteiger partial charge >= 0.3 is 0 Å². The number of thiophene rings is 1. The third-order valence-electron chi connectivity index (χ3n) is 2.04. The molecule has 0 saturated heterocycles. The smallest absolute Gasteiger partial charge is 0.160 e. The number of aldehydes is 1. The lowest BCUT2D eigenvalue weighted by Gasteiger charge is -2.02. The van der Waals surface area contributed by atoms with Gasteiger partial charge in [0.05, 0.1) is 16.2 Å². The second kappa shape index (κ2) is 5.71. The van der Waals surface area contributed by atoms with Crippen molar-refractivity contribution in [2.24, 2.45) is 0 Å². The maximum absolute atomic E-state index is 10.7. The van der Waals surface area contributed by atoms with Gasteiger partial charge in [-0.15, -0.1) is 11.3 Å². The van der Waals surface area contributed by atoms with Gasteiger partial charge in [0.15, 0.2) is 6.29 Å². The van der Waals surface area contributed by atoms with E-state index in [1.54, 1.807) is 18.9 Å². The van der Waals surface area contributed by atoms with Crippen molar-refractivity contribution in [3.8, 4) is 5.75 Å².